The molecule has 0 bridgehead atoms. The second-order valence-corrected chi connectivity index (χ2v) is 5.48. The van der Waals surface area contributed by atoms with Gasteiger partial charge in [-0.25, -0.2) is 0 Å². The lowest BCUT2D eigenvalue weighted by atomic mass is 9.87. The van der Waals surface area contributed by atoms with E-state index in [0.29, 0.717) is 0 Å². The van der Waals surface area contributed by atoms with Crippen molar-refractivity contribution in [3.05, 3.63) is 89.0 Å². The fraction of sp³-hybridized carbons (Fsp3) is 0.100. The molecule has 1 nitrogen and oxygen atoms in total. The Labute approximate surface area is 124 Å². The smallest absolute Gasteiger partial charge is 0.0690 e. The lowest BCUT2D eigenvalue weighted by molar-refractivity contribution is 0.282. The maximum atomic E-state index is 9.90. The highest BCUT2D eigenvalue weighted by Crippen LogP contribution is 2.38. The van der Waals surface area contributed by atoms with Gasteiger partial charge in [0.1, 0.15) is 0 Å². The minimum atomic E-state index is 0.0726. The molecule has 1 atom stereocenters. The fourth-order valence-corrected chi connectivity index (χ4v) is 3.34. The molecule has 0 fully saturated rings. The Morgan fingerprint density at radius 1 is 0.810 bits per heavy atom. The van der Waals surface area contributed by atoms with E-state index in [1.54, 1.807) is 0 Å². The van der Waals surface area contributed by atoms with Gasteiger partial charge in [-0.3, -0.25) is 0 Å². The molecule has 0 aromatic heterocycles. The van der Waals surface area contributed by atoms with E-state index < -0.39 is 0 Å². The molecular weight excluding hydrogens is 256 g/mol. The minimum Gasteiger partial charge on any atom is -0.392 e. The molecule has 1 aliphatic carbocycles. The summed E-state index contributed by atoms with van der Waals surface area (Å²) in [5.74, 6) is 0.243. The zero-order chi connectivity index (χ0) is 14.2. The van der Waals surface area contributed by atoms with Gasteiger partial charge >= 0.3 is 0 Å². The zero-order valence-electron chi connectivity index (χ0n) is 11.7. The minimum absolute atomic E-state index is 0.0726. The Kier molecular flexibility index (Phi) is 2.87. The van der Waals surface area contributed by atoms with Crippen molar-refractivity contribution in [3.63, 3.8) is 0 Å². The second-order valence-electron chi connectivity index (χ2n) is 5.48. The highest BCUT2D eigenvalue weighted by atomic mass is 16.3. The van der Waals surface area contributed by atoms with Gasteiger partial charge in [-0.2, -0.15) is 0 Å². The lowest BCUT2D eigenvalue weighted by Crippen LogP contribution is -2.02. The summed E-state index contributed by atoms with van der Waals surface area (Å²) in [6.45, 7) is 0.0726. The van der Waals surface area contributed by atoms with Crippen LogP contribution < -0.4 is 0 Å². The number of benzene rings is 3. The van der Waals surface area contributed by atoms with E-state index in [1.165, 1.54) is 22.1 Å². The lowest BCUT2D eigenvalue weighted by Gasteiger charge is -2.17. The summed E-state index contributed by atoms with van der Waals surface area (Å²) < 4.78 is 0. The van der Waals surface area contributed by atoms with Crippen LogP contribution in [0.1, 0.15) is 28.2 Å². The first kappa shape index (κ1) is 12.4. The van der Waals surface area contributed by atoms with Gasteiger partial charge in [0.2, 0.25) is 0 Å². The standard InChI is InChI=1S/C20H16O/c21-13-20-17-8-4-2-6-15(17)10-12-19(20)18-11-9-14-5-1-3-7-16(14)18/h1-12,18,21H,13H2. The van der Waals surface area contributed by atoms with Crippen molar-refractivity contribution in [2.24, 2.45) is 0 Å². The van der Waals surface area contributed by atoms with Gasteiger partial charge in [0.15, 0.2) is 0 Å². The molecule has 0 heterocycles. The van der Waals surface area contributed by atoms with Crippen molar-refractivity contribution < 1.29 is 5.11 Å². The predicted molar refractivity (Wildman–Crippen MR) is 87.2 cm³/mol. The average Bonchev–Trinajstić information content (AvgIpc) is 2.97. The largest absolute Gasteiger partial charge is 0.392 e. The van der Waals surface area contributed by atoms with Gasteiger partial charge in [0, 0.05) is 5.92 Å². The average molecular weight is 272 g/mol. The maximum absolute atomic E-state index is 9.90. The molecule has 1 N–H and O–H groups in total. The van der Waals surface area contributed by atoms with E-state index in [-0.39, 0.29) is 12.5 Å². The van der Waals surface area contributed by atoms with Crippen molar-refractivity contribution in [2.45, 2.75) is 12.5 Å². The van der Waals surface area contributed by atoms with Crippen LogP contribution in [0.4, 0.5) is 0 Å². The molecule has 0 amide bonds. The van der Waals surface area contributed by atoms with E-state index >= 15 is 0 Å². The SMILES string of the molecule is OCc1c(C2C=Cc3ccccc32)ccc2ccccc12. The van der Waals surface area contributed by atoms with Crippen LogP contribution in [-0.4, -0.2) is 5.11 Å². The van der Waals surface area contributed by atoms with Crippen LogP contribution in [0.5, 0.6) is 0 Å². The molecule has 0 spiro atoms. The van der Waals surface area contributed by atoms with Crippen molar-refractivity contribution in [1.29, 1.82) is 0 Å². The summed E-state index contributed by atoms with van der Waals surface area (Å²) in [6.07, 6.45) is 4.41. The van der Waals surface area contributed by atoms with E-state index in [1.807, 2.05) is 12.1 Å². The number of fused-ring (bicyclic) bond motifs is 2. The molecule has 3 aromatic rings. The molecule has 0 aliphatic heterocycles. The van der Waals surface area contributed by atoms with Gasteiger partial charge in [-0.15, -0.1) is 0 Å². The topological polar surface area (TPSA) is 20.2 Å². The first-order valence-electron chi connectivity index (χ1n) is 7.27. The molecule has 1 unspecified atom stereocenters. The third-order valence-corrected chi connectivity index (χ3v) is 4.37. The first-order valence-corrected chi connectivity index (χ1v) is 7.27. The Morgan fingerprint density at radius 3 is 2.52 bits per heavy atom. The normalized spacial score (nSPS) is 16.3. The van der Waals surface area contributed by atoms with Crippen molar-refractivity contribution in [1.82, 2.24) is 0 Å². The number of allylic oxidation sites excluding steroid dienone is 1. The van der Waals surface area contributed by atoms with E-state index in [4.69, 9.17) is 0 Å². The summed E-state index contributed by atoms with van der Waals surface area (Å²) in [4.78, 5) is 0. The maximum Gasteiger partial charge on any atom is 0.0690 e. The summed E-state index contributed by atoms with van der Waals surface area (Å²) in [5, 5.41) is 12.2. The summed E-state index contributed by atoms with van der Waals surface area (Å²) in [6, 6.07) is 21.0. The third-order valence-electron chi connectivity index (χ3n) is 4.37. The zero-order valence-corrected chi connectivity index (χ0v) is 11.7. The highest BCUT2D eigenvalue weighted by Gasteiger charge is 2.21. The van der Waals surface area contributed by atoms with Gasteiger partial charge in [0.25, 0.3) is 0 Å². The quantitative estimate of drug-likeness (QED) is 0.728. The van der Waals surface area contributed by atoms with Crippen molar-refractivity contribution >= 4 is 16.8 Å². The molecule has 0 saturated carbocycles. The van der Waals surface area contributed by atoms with E-state index in [9.17, 15) is 5.11 Å². The Morgan fingerprint density at radius 2 is 1.62 bits per heavy atom. The number of rotatable bonds is 2. The third kappa shape index (κ3) is 1.90. The van der Waals surface area contributed by atoms with Crippen LogP contribution in [0.25, 0.3) is 16.8 Å². The Bertz CT molecular complexity index is 845. The number of hydrogen-bond donors (Lipinski definition) is 1. The van der Waals surface area contributed by atoms with Gasteiger partial charge in [0.05, 0.1) is 6.61 Å². The van der Waals surface area contributed by atoms with Crippen LogP contribution in [0.15, 0.2) is 66.7 Å². The van der Waals surface area contributed by atoms with Crippen LogP contribution in [0.3, 0.4) is 0 Å². The summed E-state index contributed by atoms with van der Waals surface area (Å²) >= 11 is 0. The van der Waals surface area contributed by atoms with Crippen molar-refractivity contribution in [2.75, 3.05) is 0 Å². The number of hydrogen-bond acceptors (Lipinski definition) is 1. The molecule has 102 valence electrons. The van der Waals surface area contributed by atoms with Gasteiger partial charge in [-0.1, -0.05) is 72.8 Å². The fourth-order valence-electron chi connectivity index (χ4n) is 3.34. The van der Waals surface area contributed by atoms with Gasteiger partial charge in [-0.05, 0) is 33.0 Å². The molecule has 1 heteroatoms. The molecular formula is C20H16O. The van der Waals surface area contributed by atoms with Crippen LogP contribution in [0, 0.1) is 0 Å². The van der Waals surface area contributed by atoms with Crippen molar-refractivity contribution in [3.8, 4) is 0 Å². The summed E-state index contributed by atoms with van der Waals surface area (Å²) in [7, 11) is 0. The highest BCUT2D eigenvalue weighted by molar-refractivity contribution is 5.87. The predicted octanol–water partition coefficient (Wildman–Crippen LogP) is 4.49. The van der Waals surface area contributed by atoms with Crippen LogP contribution >= 0.6 is 0 Å². The molecule has 1 aliphatic rings. The first-order chi connectivity index (χ1) is 10.4. The summed E-state index contributed by atoms with van der Waals surface area (Å²) in [5.41, 5.74) is 4.85. The number of aliphatic hydroxyl groups excluding tert-OH is 1. The Hall–Kier alpha value is -2.38. The second kappa shape index (κ2) is 4.87. The number of aliphatic hydroxyl groups is 1. The molecule has 21 heavy (non-hydrogen) atoms. The monoisotopic (exact) mass is 272 g/mol. The molecule has 0 radical (unpaired) electrons. The van der Waals surface area contributed by atoms with E-state index in [2.05, 4.69) is 60.7 Å². The molecule has 0 saturated heterocycles. The molecule has 3 aromatic carbocycles. The Balaban J connectivity index is 1.94. The van der Waals surface area contributed by atoms with E-state index in [0.717, 1.165) is 10.9 Å². The molecule has 4 rings (SSSR count). The van der Waals surface area contributed by atoms with Crippen LogP contribution in [0.2, 0.25) is 0 Å². The van der Waals surface area contributed by atoms with Crippen LogP contribution in [-0.2, 0) is 6.61 Å². The van der Waals surface area contributed by atoms with Gasteiger partial charge < -0.3 is 5.11 Å².